The second-order valence-electron chi connectivity index (χ2n) is 5.38. The minimum absolute atomic E-state index is 0.236. The SMILES string of the molecule is CCOP(=O)(OCC)Oc1cc2ccc(OC)cc2c2ccccc12. The smallest absolute Gasteiger partial charge is 0.497 e. The first kappa shape index (κ1) is 17.7. The van der Waals surface area contributed by atoms with Gasteiger partial charge in [0.2, 0.25) is 0 Å². The molecule has 0 saturated heterocycles. The second kappa shape index (κ2) is 7.44. The molecule has 6 heteroatoms. The molecule has 5 nitrogen and oxygen atoms in total. The molecule has 0 unspecified atom stereocenters. The van der Waals surface area contributed by atoms with E-state index in [1.54, 1.807) is 21.0 Å². The minimum Gasteiger partial charge on any atom is -0.497 e. The summed E-state index contributed by atoms with van der Waals surface area (Å²) in [6.07, 6.45) is 0. The van der Waals surface area contributed by atoms with E-state index in [0.29, 0.717) is 5.75 Å². The number of fused-ring (bicyclic) bond motifs is 3. The summed E-state index contributed by atoms with van der Waals surface area (Å²) in [4.78, 5) is 0. The van der Waals surface area contributed by atoms with E-state index in [0.717, 1.165) is 27.3 Å². The van der Waals surface area contributed by atoms with Gasteiger partial charge in [-0.2, -0.15) is 0 Å². The predicted molar refractivity (Wildman–Crippen MR) is 99.5 cm³/mol. The quantitative estimate of drug-likeness (QED) is 0.408. The van der Waals surface area contributed by atoms with Gasteiger partial charge in [0.1, 0.15) is 11.5 Å². The van der Waals surface area contributed by atoms with Crippen LogP contribution < -0.4 is 9.26 Å². The van der Waals surface area contributed by atoms with E-state index in [-0.39, 0.29) is 13.2 Å². The first-order valence-corrected chi connectivity index (χ1v) is 9.64. The Labute approximate surface area is 147 Å². The highest BCUT2D eigenvalue weighted by atomic mass is 31.2. The molecular formula is C19H21O5P. The summed E-state index contributed by atoms with van der Waals surface area (Å²) in [6.45, 7) is 3.97. The highest BCUT2D eigenvalue weighted by Crippen LogP contribution is 2.51. The fourth-order valence-corrected chi connectivity index (χ4v) is 3.98. The summed E-state index contributed by atoms with van der Waals surface area (Å²) in [7, 11) is -2.02. The molecule has 0 spiro atoms. The third kappa shape index (κ3) is 3.64. The molecule has 3 rings (SSSR count). The molecule has 0 bridgehead atoms. The van der Waals surface area contributed by atoms with Crippen molar-refractivity contribution in [2.75, 3.05) is 20.3 Å². The zero-order chi connectivity index (χ0) is 17.9. The van der Waals surface area contributed by atoms with E-state index in [1.165, 1.54) is 0 Å². The average molecular weight is 360 g/mol. The van der Waals surface area contributed by atoms with E-state index in [9.17, 15) is 4.57 Å². The highest BCUT2D eigenvalue weighted by molar-refractivity contribution is 7.48. The molecule has 0 N–H and O–H groups in total. The Morgan fingerprint density at radius 1 is 0.880 bits per heavy atom. The van der Waals surface area contributed by atoms with E-state index in [4.69, 9.17) is 18.3 Å². The van der Waals surface area contributed by atoms with Crippen LogP contribution in [0.1, 0.15) is 13.8 Å². The van der Waals surface area contributed by atoms with Gasteiger partial charge in [0.15, 0.2) is 0 Å². The lowest BCUT2D eigenvalue weighted by molar-refractivity contribution is 0.168. The molecular weight excluding hydrogens is 339 g/mol. The van der Waals surface area contributed by atoms with Crippen molar-refractivity contribution >= 4 is 29.4 Å². The van der Waals surface area contributed by atoms with Crippen LogP contribution in [0.15, 0.2) is 48.5 Å². The van der Waals surface area contributed by atoms with Gasteiger partial charge < -0.3 is 9.26 Å². The number of benzene rings is 3. The lowest BCUT2D eigenvalue weighted by Crippen LogP contribution is -2.02. The van der Waals surface area contributed by atoms with Crippen molar-refractivity contribution in [3.05, 3.63) is 48.5 Å². The van der Waals surface area contributed by atoms with Gasteiger partial charge in [-0.05, 0) is 48.2 Å². The minimum atomic E-state index is -3.66. The van der Waals surface area contributed by atoms with Gasteiger partial charge in [0.25, 0.3) is 0 Å². The second-order valence-corrected chi connectivity index (χ2v) is 6.97. The third-order valence-electron chi connectivity index (χ3n) is 3.81. The zero-order valence-corrected chi connectivity index (χ0v) is 15.4. The number of methoxy groups -OCH3 is 1. The summed E-state index contributed by atoms with van der Waals surface area (Å²) in [5, 5.41) is 3.80. The predicted octanol–water partition coefficient (Wildman–Crippen LogP) is 5.56. The van der Waals surface area contributed by atoms with Crippen molar-refractivity contribution in [1.29, 1.82) is 0 Å². The molecule has 25 heavy (non-hydrogen) atoms. The lowest BCUT2D eigenvalue weighted by atomic mass is 10.0. The van der Waals surface area contributed by atoms with Gasteiger partial charge in [-0.3, -0.25) is 9.05 Å². The largest absolute Gasteiger partial charge is 0.530 e. The fourth-order valence-electron chi connectivity index (χ4n) is 2.78. The van der Waals surface area contributed by atoms with E-state index < -0.39 is 7.82 Å². The molecule has 0 saturated carbocycles. The van der Waals surface area contributed by atoms with Gasteiger partial charge in [-0.15, -0.1) is 0 Å². The summed E-state index contributed by atoms with van der Waals surface area (Å²) in [5.74, 6) is 1.25. The summed E-state index contributed by atoms with van der Waals surface area (Å²) < 4.78 is 34.4. The number of hydrogen-bond donors (Lipinski definition) is 0. The van der Waals surface area contributed by atoms with Crippen molar-refractivity contribution in [3.8, 4) is 11.5 Å². The fraction of sp³-hybridized carbons (Fsp3) is 0.263. The van der Waals surface area contributed by atoms with Crippen LogP contribution in [0.2, 0.25) is 0 Å². The Balaban J connectivity index is 2.19. The van der Waals surface area contributed by atoms with Gasteiger partial charge >= 0.3 is 7.82 Å². The molecule has 0 aliphatic heterocycles. The average Bonchev–Trinajstić information content (AvgIpc) is 2.62. The summed E-state index contributed by atoms with van der Waals surface area (Å²) in [6, 6.07) is 15.4. The molecule has 132 valence electrons. The van der Waals surface area contributed by atoms with Crippen LogP contribution in [0.4, 0.5) is 0 Å². The van der Waals surface area contributed by atoms with Crippen LogP contribution in [-0.2, 0) is 13.6 Å². The molecule has 0 heterocycles. The van der Waals surface area contributed by atoms with Crippen molar-refractivity contribution in [2.45, 2.75) is 13.8 Å². The molecule has 0 aromatic heterocycles. The maximum absolute atomic E-state index is 12.8. The van der Waals surface area contributed by atoms with Gasteiger partial charge in [0, 0.05) is 5.39 Å². The normalized spacial score (nSPS) is 11.8. The molecule has 0 aliphatic rings. The van der Waals surface area contributed by atoms with Crippen molar-refractivity contribution in [2.24, 2.45) is 0 Å². The number of phosphoric ester groups is 1. The van der Waals surface area contributed by atoms with Crippen molar-refractivity contribution in [3.63, 3.8) is 0 Å². The van der Waals surface area contributed by atoms with Crippen molar-refractivity contribution in [1.82, 2.24) is 0 Å². The molecule has 0 fully saturated rings. The number of rotatable bonds is 7. The Morgan fingerprint density at radius 3 is 2.20 bits per heavy atom. The maximum Gasteiger partial charge on any atom is 0.530 e. The van der Waals surface area contributed by atoms with Crippen LogP contribution in [0.25, 0.3) is 21.5 Å². The Bertz CT molecular complexity index is 928. The van der Waals surface area contributed by atoms with Crippen LogP contribution in [0, 0.1) is 0 Å². The topological polar surface area (TPSA) is 54.0 Å². The van der Waals surface area contributed by atoms with Gasteiger partial charge in [-0.1, -0.05) is 30.3 Å². The van der Waals surface area contributed by atoms with Crippen LogP contribution >= 0.6 is 7.82 Å². The standard InChI is InChI=1S/C19H21O5P/c1-4-22-25(20,23-5-2)24-19-12-14-10-11-15(21-3)13-18(14)16-8-6-7-9-17(16)19/h6-13H,4-5H2,1-3H3. The summed E-state index contributed by atoms with van der Waals surface area (Å²) >= 11 is 0. The van der Waals surface area contributed by atoms with E-state index in [1.807, 2.05) is 48.5 Å². The highest BCUT2D eigenvalue weighted by Gasteiger charge is 2.28. The maximum atomic E-state index is 12.8. The lowest BCUT2D eigenvalue weighted by Gasteiger charge is -2.19. The number of ether oxygens (including phenoxy) is 1. The zero-order valence-electron chi connectivity index (χ0n) is 14.5. The van der Waals surface area contributed by atoms with E-state index >= 15 is 0 Å². The van der Waals surface area contributed by atoms with E-state index in [2.05, 4.69) is 0 Å². The van der Waals surface area contributed by atoms with Crippen LogP contribution in [0.3, 0.4) is 0 Å². The van der Waals surface area contributed by atoms with Crippen LogP contribution in [0.5, 0.6) is 11.5 Å². The molecule has 0 amide bonds. The third-order valence-corrected chi connectivity index (χ3v) is 5.38. The monoisotopic (exact) mass is 360 g/mol. The van der Waals surface area contributed by atoms with Crippen molar-refractivity contribution < 1.29 is 22.9 Å². The molecule has 3 aromatic carbocycles. The van der Waals surface area contributed by atoms with Crippen LogP contribution in [-0.4, -0.2) is 20.3 Å². The Morgan fingerprint density at radius 2 is 1.56 bits per heavy atom. The first-order valence-electron chi connectivity index (χ1n) is 8.18. The molecule has 0 radical (unpaired) electrons. The summed E-state index contributed by atoms with van der Waals surface area (Å²) in [5.41, 5.74) is 0. The number of hydrogen-bond acceptors (Lipinski definition) is 5. The molecule has 0 atom stereocenters. The van der Waals surface area contributed by atoms with Gasteiger partial charge in [-0.25, -0.2) is 4.57 Å². The Kier molecular flexibility index (Phi) is 5.28. The Hall–Kier alpha value is -2.07. The molecule has 0 aliphatic carbocycles. The molecule has 3 aromatic rings. The first-order chi connectivity index (χ1) is 12.1. The van der Waals surface area contributed by atoms with Gasteiger partial charge in [0.05, 0.1) is 20.3 Å². The number of phosphoric acid groups is 1.